The van der Waals surface area contributed by atoms with E-state index in [1.54, 1.807) is 6.20 Å². The summed E-state index contributed by atoms with van der Waals surface area (Å²) in [7, 11) is 2.01. The molecule has 3 aromatic rings. The van der Waals surface area contributed by atoms with Crippen molar-refractivity contribution in [3.63, 3.8) is 0 Å². The van der Waals surface area contributed by atoms with Gasteiger partial charge in [-0.3, -0.25) is 4.90 Å². The fourth-order valence-corrected chi connectivity index (χ4v) is 4.76. The summed E-state index contributed by atoms with van der Waals surface area (Å²) in [5, 5.41) is 12.6. The molecule has 9 nitrogen and oxygen atoms in total. The lowest BCUT2D eigenvalue weighted by atomic mass is 10.0. The highest BCUT2D eigenvalue weighted by Crippen LogP contribution is 2.30. The van der Waals surface area contributed by atoms with Crippen LogP contribution in [0.4, 0.5) is 10.6 Å². The maximum atomic E-state index is 13.8. The number of pyridine rings is 1. The monoisotopic (exact) mass is 408 g/mol. The Morgan fingerprint density at radius 2 is 2.03 bits per heavy atom. The summed E-state index contributed by atoms with van der Waals surface area (Å²) in [5.74, 6) is 0.761. The van der Waals surface area contributed by atoms with Gasteiger partial charge in [0.2, 0.25) is 0 Å². The second kappa shape index (κ2) is 8.06. The molecule has 1 N–H and O–H groups in total. The van der Waals surface area contributed by atoms with Gasteiger partial charge in [-0.15, -0.1) is 5.10 Å². The first-order valence-corrected chi connectivity index (χ1v) is 10.8. The lowest BCUT2D eigenvalue weighted by Crippen LogP contribution is -2.55. The van der Waals surface area contributed by atoms with Crippen LogP contribution in [-0.4, -0.2) is 67.7 Å². The molecule has 0 spiro atoms. The molecular weight excluding hydrogens is 380 g/mol. The number of rotatable bonds is 3. The molecule has 9 heteroatoms. The van der Waals surface area contributed by atoms with Gasteiger partial charge in [0.25, 0.3) is 0 Å². The molecule has 0 aromatic carbocycles. The molecule has 2 aliphatic rings. The van der Waals surface area contributed by atoms with Crippen molar-refractivity contribution < 1.29 is 4.79 Å². The third-order valence-electron chi connectivity index (χ3n) is 6.39. The Bertz CT molecular complexity index is 999. The zero-order chi connectivity index (χ0) is 20.5. The van der Waals surface area contributed by atoms with Crippen LogP contribution in [0.2, 0.25) is 0 Å². The van der Waals surface area contributed by atoms with Crippen molar-refractivity contribution in [3.8, 4) is 0 Å². The number of fused-ring (bicyclic) bond motifs is 1. The zero-order valence-corrected chi connectivity index (χ0v) is 17.3. The van der Waals surface area contributed by atoms with E-state index in [0.29, 0.717) is 19.1 Å². The van der Waals surface area contributed by atoms with E-state index in [9.17, 15) is 4.79 Å². The standard InChI is InChI=1S/C21H28N8O/c1-26-11-5-16-4-9-23-20(19(16)26)29(18-3-2-8-22-15-18)21(30)27-12-6-17(7-13-27)28-14-10-24-25-28/h4-5,9-11,14,17-18,22H,2-3,6-8,12-13,15H2,1H3/t18-/m1/s1. The maximum Gasteiger partial charge on any atom is 0.326 e. The first kappa shape index (κ1) is 19.0. The van der Waals surface area contributed by atoms with E-state index in [1.807, 2.05) is 46.2 Å². The molecule has 2 saturated heterocycles. The minimum Gasteiger partial charge on any atom is -0.348 e. The second-order valence-corrected chi connectivity index (χ2v) is 8.25. The number of carbonyl (C=O) groups is 1. The van der Waals surface area contributed by atoms with Crippen molar-refractivity contribution in [2.75, 3.05) is 31.1 Å². The summed E-state index contributed by atoms with van der Waals surface area (Å²) in [5.41, 5.74) is 1.01. The molecule has 1 atom stereocenters. The number of piperidine rings is 2. The average molecular weight is 409 g/mol. The summed E-state index contributed by atoms with van der Waals surface area (Å²) in [6, 6.07) is 4.54. The lowest BCUT2D eigenvalue weighted by molar-refractivity contribution is 0.170. The molecule has 158 valence electrons. The summed E-state index contributed by atoms with van der Waals surface area (Å²) in [4.78, 5) is 22.4. The third-order valence-corrected chi connectivity index (χ3v) is 6.39. The highest BCUT2D eigenvalue weighted by atomic mass is 16.2. The number of carbonyl (C=O) groups excluding carboxylic acids is 1. The van der Waals surface area contributed by atoms with Gasteiger partial charge in [-0.1, -0.05) is 5.21 Å². The van der Waals surface area contributed by atoms with E-state index in [-0.39, 0.29) is 12.1 Å². The van der Waals surface area contributed by atoms with Gasteiger partial charge in [0, 0.05) is 50.7 Å². The highest BCUT2D eigenvalue weighted by Gasteiger charge is 2.34. The van der Waals surface area contributed by atoms with E-state index >= 15 is 0 Å². The number of nitrogens with zero attached hydrogens (tertiary/aromatic N) is 7. The molecule has 5 heterocycles. The van der Waals surface area contributed by atoms with Gasteiger partial charge in [0.05, 0.1) is 23.8 Å². The molecule has 2 fully saturated rings. The van der Waals surface area contributed by atoms with Crippen molar-refractivity contribution in [2.24, 2.45) is 7.05 Å². The largest absolute Gasteiger partial charge is 0.348 e. The Balaban J connectivity index is 1.43. The summed E-state index contributed by atoms with van der Waals surface area (Å²) in [6.07, 6.45) is 11.3. The molecule has 2 amide bonds. The van der Waals surface area contributed by atoms with Gasteiger partial charge in [-0.05, 0) is 44.4 Å². The van der Waals surface area contributed by atoms with Crippen molar-refractivity contribution in [1.29, 1.82) is 0 Å². The maximum absolute atomic E-state index is 13.8. The first-order valence-electron chi connectivity index (χ1n) is 10.8. The van der Waals surface area contributed by atoms with Gasteiger partial charge >= 0.3 is 6.03 Å². The van der Waals surface area contributed by atoms with E-state index in [2.05, 4.69) is 26.3 Å². The highest BCUT2D eigenvalue weighted by molar-refractivity contribution is 6.00. The van der Waals surface area contributed by atoms with Gasteiger partial charge < -0.3 is 14.8 Å². The summed E-state index contributed by atoms with van der Waals surface area (Å²) < 4.78 is 3.97. The van der Waals surface area contributed by atoms with E-state index < -0.39 is 0 Å². The molecule has 0 saturated carbocycles. The fourth-order valence-electron chi connectivity index (χ4n) is 4.76. The Morgan fingerprint density at radius 3 is 2.77 bits per heavy atom. The number of hydrogen-bond acceptors (Lipinski definition) is 5. The van der Waals surface area contributed by atoms with Crippen LogP contribution in [0.5, 0.6) is 0 Å². The number of aromatic nitrogens is 5. The van der Waals surface area contributed by atoms with E-state index in [1.165, 1.54) is 0 Å². The van der Waals surface area contributed by atoms with E-state index in [0.717, 1.165) is 55.5 Å². The van der Waals surface area contributed by atoms with Gasteiger partial charge in [-0.2, -0.15) is 0 Å². The Kier molecular flexibility index (Phi) is 5.12. The quantitative estimate of drug-likeness (QED) is 0.718. The number of nitrogens with one attached hydrogen (secondary N) is 1. The van der Waals surface area contributed by atoms with Crippen molar-refractivity contribution in [3.05, 3.63) is 36.9 Å². The number of amides is 2. The third kappa shape index (κ3) is 3.43. The number of aryl methyl sites for hydroxylation is 1. The first-order chi connectivity index (χ1) is 14.7. The molecule has 5 rings (SSSR count). The topological polar surface area (TPSA) is 84.1 Å². The van der Waals surface area contributed by atoms with Crippen LogP contribution in [0.3, 0.4) is 0 Å². The van der Waals surface area contributed by atoms with Crippen LogP contribution in [0.1, 0.15) is 31.7 Å². The number of likely N-dealkylation sites (tertiary alicyclic amines) is 1. The lowest BCUT2D eigenvalue weighted by Gasteiger charge is -2.40. The van der Waals surface area contributed by atoms with Crippen molar-refractivity contribution in [1.82, 2.24) is 34.8 Å². The fraction of sp³-hybridized carbons (Fsp3) is 0.524. The Labute approximate surface area is 175 Å². The Morgan fingerprint density at radius 1 is 1.17 bits per heavy atom. The van der Waals surface area contributed by atoms with Gasteiger partial charge in [-0.25, -0.2) is 14.5 Å². The molecular formula is C21H28N8O. The SMILES string of the molecule is Cn1ccc2ccnc(N(C(=O)N3CCC(n4ccnn4)CC3)[C@@H]3CCCNC3)c21. The second-order valence-electron chi connectivity index (χ2n) is 8.25. The van der Waals surface area contributed by atoms with Crippen LogP contribution >= 0.6 is 0 Å². The van der Waals surface area contributed by atoms with Crippen molar-refractivity contribution in [2.45, 2.75) is 37.8 Å². The van der Waals surface area contributed by atoms with Gasteiger partial charge in [0.15, 0.2) is 5.82 Å². The van der Waals surface area contributed by atoms with Crippen molar-refractivity contribution >= 4 is 22.8 Å². The van der Waals surface area contributed by atoms with Crippen LogP contribution in [-0.2, 0) is 7.05 Å². The van der Waals surface area contributed by atoms with Crippen LogP contribution in [0, 0.1) is 0 Å². The van der Waals surface area contributed by atoms with Crippen LogP contribution in [0.15, 0.2) is 36.9 Å². The molecule has 2 aliphatic heterocycles. The molecule has 0 unspecified atom stereocenters. The molecule has 30 heavy (non-hydrogen) atoms. The smallest absolute Gasteiger partial charge is 0.326 e. The summed E-state index contributed by atoms with van der Waals surface area (Å²) >= 11 is 0. The molecule has 0 radical (unpaired) electrons. The molecule has 3 aromatic heterocycles. The average Bonchev–Trinajstić information content (AvgIpc) is 3.46. The predicted octanol–water partition coefficient (Wildman–Crippen LogP) is 2.18. The minimum absolute atomic E-state index is 0.0574. The van der Waals surface area contributed by atoms with E-state index in [4.69, 9.17) is 4.98 Å². The van der Waals surface area contributed by atoms with Crippen LogP contribution in [0.25, 0.3) is 10.9 Å². The van der Waals surface area contributed by atoms with Crippen LogP contribution < -0.4 is 10.2 Å². The Hall–Kier alpha value is -2.94. The predicted molar refractivity (Wildman–Crippen MR) is 114 cm³/mol. The normalized spacial score (nSPS) is 20.6. The molecule has 0 bridgehead atoms. The number of urea groups is 1. The zero-order valence-electron chi connectivity index (χ0n) is 17.3. The number of anilines is 1. The number of hydrogen-bond donors (Lipinski definition) is 1. The van der Waals surface area contributed by atoms with Gasteiger partial charge in [0.1, 0.15) is 0 Å². The minimum atomic E-state index is 0.0574. The molecule has 0 aliphatic carbocycles. The summed E-state index contributed by atoms with van der Waals surface area (Å²) in [6.45, 7) is 3.22.